The second-order valence-electron chi connectivity index (χ2n) is 5.38. The first-order chi connectivity index (χ1) is 8.52. The Balaban J connectivity index is 2.36. The van der Waals surface area contributed by atoms with E-state index in [0.29, 0.717) is 12.1 Å². The van der Waals surface area contributed by atoms with Gasteiger partial charge in [-0.15, -0.1) is 0 Å². The summed E-state index contributed by atoms with van der Waals surface area (Å²) in [5.41, 5.74) is 4.20. The van der Waals surface area contributed by atoms with Crippen LogP contribution in [0.5, 0.6) is 0 Å². The Morgan fingerprint density at radius 1 is 1.28 bits per heavy atom. The van der Waals surface area contributed by atoms with Crippen LogP contribution < -0.4 is 10.2 Å². The summed E-state index contributed by atoms with van der Waals surface area (Å²) < 4.78 is 0. The maximum Gasteiger partial charge on any atom is 0.0997 e. The number of hydrogen-bond acceptors (Lipinski definition) is 3. The third kappa shape index (κ3) is 2.34. The van der Waals surface area contributed by atoms with Gasteiger partial charge in [-0.05, 0) is 51.0 Å². The fourth-order valence-corrected chi connectivity index (χ4v) is 2.66. The van der Waals surface area contributed by atoms with Crippen LogP contribution in [-0.4, -0.2) is 25.2 Å². The number of nitriles is 1. The van der Waals surface area contributed by atoms with Crippen LogP contribution in [0.2, 0.25) is 0 Å². The van der Waals surface area contributed by atoms with E-state index in [2.05, 4.69) is 42.3 Å². The first-order valence-corrected chi connectivity index (χ1v) is 6.54. The fraction of sp³-hybridized carbons (Fsp3) is 0.533. The first kappa shape index (κ1) is 12.9. The van der Waals surface area contributed by atoms with Gasteiger partial charge in [-0.1, -0.05) is 0 Å². The molecule has 1 aromatic carbocycles. The quantitative estimate of drug-likeness (QED) is 0.823. The molecule has 2 atom stereocenters. The third-order valence-corrected chi connectivity index (χ3v) is 3.73. The zero-order valence-electron chi connectivity index (χ0n) is 11.6. The molecule has 96 valence electrons. The van der Waals surface area contributed by atoms with E-state index in [0.717, 1.165) is 29.8 Å². The van der Waals surface area contributed by atoms with E-state index in [-0.39, 0.29) is 0 Å². The third-order valence-electron chi connectivity index (χ3n) is 3.73. The van der Waals surface area contributed by atoms with Crippen molar-refractivity contribution in [3.8, 4) is 6.07 Å². The summed E-state index contributed by atoms with van der Waals surface area (Å²) in [5.74, 6) is 0. The van der Waals surface area contributed by atoms with Crippen molar-refractivity contribution >= 4 is 5.69 Å². The van der Waals surface area contributed by atoms with Crippen molar-refractivity contribution in [1.29, 1.82) is 5.26 Å². The van der Waals surface area contributed by atoms with Crippen LogP contribution in [0, 0.1) is 25.2 Å². The number of nitrogens with one attached hydrogen (secondary N) is 1. The minimum atomic E-state index is 0.493. The van der Waals surface area contributed by atoms with Gasteiger partial charge in [0, 0.05) is 30.9 Å². The standard InChI is InChI=1S/C15H21N3/c1-10-5-14(6-11(2)15(10)7-16)18-9-12(3)17-8-13(18)4/h5-6,12-13,17H,8-9H2,1-4H3/t12-,13?/m1/s1. The lowest BCUT2D eigenvalue weighted by Crippen LogP contribution is -2.54. The maximum absolute atomic E-state index is 9.12. The van der Waals surface area contributed by atoms with Crippen LogP contribution in [0.15, 0.2) is 12.1 Å². The number of aryl methyl sites for hydroxylation is 2. The highest BCUT2D eigenvalue weighted by atomic mass is 15.2. The molecule has 0 radical (unpaired) electrons. The van der Waals surface area contributed by atoms with E-state index < -0.39 is 0 Å². The van der Waals surface area contributed by atoms with Gasteiger partial charge in [0.15, 0.2) is 0 Å². The molecular weight excluding hydrogens is 222 g/mol. The molecule has 1 unspecified atom stereocenters. The van der Waals surface area contributed by atoms with Crippen molar-refractivity contribution in [3.05, 3.63) is 28.8 Å². The van der Waals surface area contributed by atoms with Crippen molar-refractivity contribution in [2.75, 3.05) is 18.0 Å². The average Bonchev–Trinajstić information content (AvgIpc) is 2.32. The Hall–Kier alpha value is -1.53. The number of hydrogen-bond donors (Lipinski definition) is 1. The van der Waals surface area contributed by atoms with Gasteiger partial charge in [-0.3, -0.25) is 0 Å². The smallest absolute Gasteiger partial charge is 0.0997 e. The predicted molar refractivity (Wildman–Crippen MR) is 74.9 cm³/mol. The number of benzene rings is 1. The predicted octanol–water partition coefficient (Wildman–Crippen LogP) is 2.36. The zero-order chi connectivity index (χ0) is 13.3. The summed E-state index contributed by atoms with van der Waals surface area (Å²) in [5, 5.41) is 12.6. The molecule has 1 aliphatic rings. The highest BCUT2D eigenvalue weighted by Crippen LogP contribution is 2.25. The number of rotatable bonds is 1. The van der Waals surface area contributed by atoms with Crippen LogP contribution in [0.3, 0.4) is 0 Å². The van der Waals surface area contributed by atoms with E-state index in [9.17, 15) is 0 Å². The molecule has 18 heavy (non-hydrogen) atoms. The van der Waals surface area contributed by atoms with Crippen LogP contribution in [-0.2, 0) is 0 Å². The van der Waals surface area contributed by atoms with Crippen molar-refractivity contribution in [3.63, 3.8) is 0 Å². The molecule has 1 N–H and O–H groups in total. The molecule has 0 bridgehead atoms. The van der Waals surface area contributed by atoms with Gasteiger partial charge in [0.25, 0.3) is 0 Å². The number of anilines is 1. The average molecular weight is 243 g/mol. The Bertz CT molecular complexity index is 464. The molecule has 3 heteroatoms. The van der Waals surface area contributed by atoms with Crippen LogP contribution >= 0.6 is 0 Å². The van der Waals surface area contributed by atoms with Crippen molar-refractivity contribution in [1.82, 2.24) is 5.32 Å². The lowest BCUT2D eigenvalue weighted by atomic mass is 10.0. The maximum atomic E-state index is 9.12. The van der Waals surface area contributed by atoms with Crippen LogP contribution in [0.25, 0.3) is 0 Å². The topological polar surface area (TPSA) is 39.1 Å². The molecule has 0 aliphatic carbocycles. The van der Waals surface area contributed by atoms with E-state index in [4.69, 9.17) is 5.26 Å². The summed E-state index contributed by atoms with van der Waals surface area (Å²) in [6.45, 7) is 10.5. The summed E-state index contributed by atoms with van der Waals surface area (Å²) >= 11 is 0. The van der Waals surface area contributed by atoms with Gasteiger partial charge in [-0.2, -0.15) is 5.26 Å². The lowest BCUT2D eigenvalue weighted by molar-refractivity contribution is 0.425. The van der Waals surface area contributed by atoms with Gasteiger partial charge in [0.2, 0.25) is 0 Å². The Morgan fingerprint density at radius 2 is 1.89 bits per heavy atom. The number of piperazine rings is 1. The monoisotopic (exact) mass is 243 g/mol. The van der Waals surface area contributed by atoms with Gasteiger partial charge in [-0.25, -0.2) is 0 Å². The van der Waals surface area contributed by atoms with Gasteiger partial charge in [0.1, 0.15) is 0 Å². The van der Waals surface area contributed by atoms with Gasteiger partial charge < -0.3 is 10.2 Å². The zero-order valence-corrected chi connectivity index (χ0v) is 11.6. The fourth-order valence-electron chi connectivity index (χ4n) is 2.66. The van der Waals surface area contributed by atoms with Gasteiger partial charge in [0.05, 0.1) is 11.6 Å². The Labute approximate surface area is 109 Å². The summed E-state index contributed by atoms with van der Waals surface area (Å²) in [4.78, 5) is 2.43. The highest BCUT2D eigenvalue weighted by Gasteiger charge is 2.23. The van der Waals surface area contributed by atoms with Gasteiger partial charge >= 0.3 is 0 Å². The molecule has 3 nitrogen and oxygen atoms in total. The largest absolute Gasteiger partial charge is 0.366 e. The molecule has 0 aromatic heterocycles. The van der Waals surface area contributed by atoms with E-state index >= 15 is 0 Å². The molecule has 1 aliphatic heterocycles. The van der Waals surface area contributed by atoms with Crippen molar-refractivity contribution < 1.29 is 0 Å². The molecule has 1 heterocycles. The Morgan fingerprint density at radius 3 is 2.44 bits per heavy atom. The molecule has 1 fully saturated rings. The van der Waals surface area contributed by atoms with Crippen molar-refractivity contribution in [2.45, 2.75) is 39.8 Å². The first-order valence-electron chi connectivity index (χ1n) is 6.54. The van der Waals surface area contributed by atoms with E-state index in [1.165, 1.54) is 5.69 Å². The minimum absolute atomic E-state index is 0.493. The van der Waals surface area contributed by atoms with E-state index in [1.807, 2.05) is 13.8 Å². The number of nitrogens with zero attached hydrogens (tertiary/aromatic N) is 2. The molecular formula is C15H21N3. The molecule has 2 rings (SSSR count). The molecule has 0 spiro atoms. The molecule has 0 amide bonds. The van der Waals surface area contributed by atoms with Crippen molar-refractivity contribution in [2.24, 2.45) is 0 Å². The van der Waals surface area contributed by atoms with Crippen LogP contribution in [0.4, 0.5) is 5.69 Å². The van der Waals surface area contributed by atoms with E-state index in [1.54, 1.807) is 0 Å². The minimum Gasteiger partial charge on any atom is -0.366 e. The molecule has 1 aromatic rings. The summed E-state index contributed by atoms with van der Waals surface area (Å²) in [7, 11) is 0. The highest BCUT2D eigenvalue weighted by molar-refractivity contribution is 5.58. The SMILES string of the molecule is Cc1cc(N2C[C@@H](C)NCC2C)cc(C)c1C#N. The normalized spacial score (nSPS) is 23.8. The van der Waals surface area contributed by atoms with Crippen LogP contribution in [0.1, 0.15) is 30.5 Å². The second-order valence-corrected chi connectivity index (χ2v) is 5.38. The summed E-state index contributed by atoms with van der Waals surface area (Å²) in [6.07, 6.45) is 0. The second kappa shape index (κ2) is 4.99. The lowest BCUT2D eigenvalue weighted by Gasteiger charge is -2.39. The molecule has 1 saturated heterocycles. The summed E-state index contributed by atoms with van der Waals surface area (Å²) in [6, 6.07) is 7.57. The Kier molecular flexibility index (Phi) is 3.58. The molecule has 0 saturated carbocycles.